The number of amides is 1. The third-order valence-corrected chi connectivity index (χ3v) is 2.70. The number of hydrogen-bond acceptors (Lipinski definition) is 5. The zero-order valence-corrected chi connectivity index (χ0v) is 11.3. The number of ether oxygens (including phenoxy) is 2. The van der Waals surface area contributed by atoms with Crippen molar-refractivity contribution >= 4 is 17.5 Å². The van der Waals surface area contributed by atoms with E-state index in [1.54, 1.807) is 12.1 Å². The van der Waals surface area contributed by atoms with Gasteiger partial charge >= 0.3 is 0 Å². The van der Waals surface area contributed by atoms with E-state index < -0.39 is 12.0 Å². The standard InChI is InChI=1S/C12H17ClN2O4/c1-18-11-4-10(19-6-8(16)5-14)7(2-9(11)13)3-12(15)17/h2,4,8,16H,3,5-6,14H2,1H3,(H2,15,17)/t8-/m0/s1. The third kappa shape index (κ3) is 4.59. The van der Waals surface area contributed by atoms with Crippen LogP contribution in [-0.4, -0.2) is 37.4 Å². The Morgan fingerprint density at radius 1 is 1.47 bits per heavy atom. The molecule has 7 heteroatoms. The Morgan fingerprint density at radius 2 is 2.16 bits per heavy atom. The minimum Gasteiger partial charge on any atom is -0.495 e. The number of methoxy groups -OCH3 is 1. The molecule has 6 nitrogen and oxygen atoms in total. The Balaban J connectivity index is 2.99. The van der Waals surface area contributed by atoms with Crippen molar-refractivity contribution in [2.75, 3.05) is 20.3 Å². The molecule has 0 aliphatic heterocycles. The summed E-state index contributed by atoms with van der Waals surface area (Å²) in [7, 11) is 1.47. The Bertz CT molecular complexity index is 454. The van der Waals surface area contributed by atoms with Gasteiger partial charge in [0.15, 0.2) is 0 Å². The Morgan fingerprint density at radius 3 is 2.68 bits per heavy atom. The molecule has 0 aromatic heterocycles. The molecule has 0 aliphatic carbocycles. The van der Waals surface area contributed by atoms with Crippen molar-refractivity contribution in [2.45, 2.75) is 12.5 Å². The van der Waals surface area contributed by atoms with Gasteiger partial charge in [0.25, 0.3) is 0 Å². The van der Waals surface area contributed by atoms with Crippen molar-refractivity contribution in [1.82, 2.24) is 0 Å². The first-order valence-electron chi connectivity index (χ1n) is 5.63. The highest BCUT2D eigenvalue weighted by Gasteiger charge is 2.13. The maximum atomic E-state index is 11.0. The van der Waals surface area contributed by atoms with Crippen LogP contribution in [0.1, 0.15) is 5.56 Å². The molecule has 106 valence electrons. The maximum absolute atomic E-state index is 11.0. The molecule has 0 unspecified atom stereocenters. The molecule has 1 amide bonds. The number of aliphatic hydroxyl groups is 1. The lowest BCUT2D eigenvalue weighted by molar-refractivity contribution is -0.117. The first kappa shape index (κ1) is 15.6. The second kappa shape index (κ2) is 7.18. The Kier molecular flexibility index (Phi) is 5.88. The summed E-state index contributed by atoms with van der Waals surface area (Å²) in [5.74, 6) is 0.283. The average Bonchev–Trinajstić information content (AvgIpc) is 2.36. The van der Waals surface area contributed by atoms with E-state index in [0.717, 1.165) is 0 Å². The second-order valence-electron chi connectivity index (χ2n) is 3.94. The second-order valence-corrected chi connectivity index (χ2v) is 4.35. The molecule has 0 spiro atoms. The molecular formula is C12H17ClN2O4. The predicted octanol–water partition coefficient (Wildman–Crippen LogP) is 0.0748. The van der Waals surface area contributed by atoms with Gasteiger partial charge < -0.3 is 26.0 Å². The summed E-state index contributed by atoms with van der Waals surface area (Å²) in [6, 6.07) is 3.10. The fourth-order valence-electron chi connectivity index (χ4n) is 1.45. The normalized spacial score (nSPS) is 12.0. The van der Waals surface area contributed by atoms with Gasteiger partial charge in [-0.2, -0.15) is 0 Å². The number of carbonyl (C=O) groups excluding carboxylic acids is 1. The lowest BCUT2D eigenvalue weighted by Gasteiger charge is -2.15. The summed E-state index contributed by atoms with van der Waals surface area (Å²) in [5.41, 5.74) is 11.0. The van der Waals surface area contributed by atoms with E-state index in [4.69, 9.17) is 32.5 Å². The van der Waals surface area contributed by atoms with Gasteiger partial charge in [0.1, 0.15) is 24.2 Å². The van der Waals surface area contributed by atoms with E-state index in [-0.39, 0.29) is 19.6 Å². The summed E-state index contributed by atoms with van der Waals surface area (Å²) >= 11 is 5.97. The van der Waals surface area contributed by atoms with Gasteiger partial charge in [0.2, 0.25) is 5.91 Å². The van der Waals surface area contributed by atoms with Gasteiger partial charge in [-0.15, -0.1) is 0 Å². The van der Waals surface area contributed by atoms with E-state index in [2.05, 4.69) is 0 Å². The third-order valence-electron chi connectivity index (χ3n) is 2.40. The highest BCUT2D eigenvalue weighted by molar-refractivity contribution is 6.32. The minimum absolute atomic E-state index is 0.00699. The average molecular weight is 289 g/mol. The molecule has 0 heterocycles. The summed E-state index contributed by atoms with van der Waals surface area (Å²) in [6.07, 6.45) is -0.805. The molecule has 0 aliphatic rings. The van der Waals surface area contributed by atoms with Crippen LogP contribution in [0.25, 0.3) is 0 Å². The Labute approximate surface area is 116 Å². The molecule has 0 radical (unpaired) electrons. The highest BCUT2D eigenvalue weighted by Crippen LogP contribution is 2.33. The fraction of sp³-hybridized carbons (Fsp3) is 0.417. The van der Waals surface area contributed by atoms with Crippen molar-refractivity contribution in [3.05, 3.63) is 22.7 Å². The van der Waals surface area contributed by atoms with E-state index in [1.165, 1.54) is 7.11 Å². The molecule has 1 atom stereocenters. The van der Waals surface area contributed by atoms with Gasteiger partial charge in [0, 0.05) is 18.2 Å². The molecule has 1 aromatic carbocycles. The highest BCUT2D eigenvalue weighted by atomic mass is 35.5. The molecule has 5 N–H and O–H groups in total. The van der Waals surface area contributed by atoms with Crippen molar-refractivity contribution in [3.63, 3.8) is 0 Å². The number of carbonyl (C=O) groups is 1. The quantitative estimate of drug-likeness (QED) is 0.658. The van der Waals surface area contributed by atoms with Gasteiger partial charge in [-0.1, -0.05) is 11.6 Å². The van der Waals surface area contributed by atoms with Crippen molar-refractivity contribution in [1.29, 1.82) is 0 Å². The first-order valence-corrected chi connectivity index (χ1v) is 6.01. The SMILES string of the molecule is COc1cc(OC[C@@H](O)CN)c(CC(N)=O)cc1Cl. The number of primary amides is 1. The van der Waals surface area contributed by atoms with Crippen LogP contribution in [-0.2, 0) is 11.2 Å². The summed E-state index contributed by atoms with van der Waals surface area (Å²) in [6.45, 7) is 0.0862. The lowest BCUT2D eigenvalue weighted by atomic mass is 10.1. The van der Waals surface area contributed by atoms with E-state index in [0.29, 0.717) is 22.1 Å². The van der Waals surface area contributed by atoms with Crippen molar-refractivity contribution in [3.8, 4) is 11.5 Å². The topological polar surface area (TPSA) is 108 Å². The molecule has 0 fully saturated rings. The van der Waals surface area contributed by atoms with E-state index in [9.17, 15) is 9.90 Å². The summed E-state index contributed by atoms with van der Waals surface area (Å²) in [5, 5.41) is 9.73. The number of rotatable bonds is 7. The number of halogens is 1. The van der Waals surface area contributed by atoms with Crippen LogP contribution in [0.4, 0.5) is 0 Å². The van der Waals surface area contributed by atoms with Gasteiger partial charge in [-0.05, 0) is 6.07 Å². The number of benzene rings is 1. The minimum atomic E-state index is -0.789. The molecule has 0 bridgehead atoms. The smallest absolute Gasteiger partial charge is 0.221 e. The largest absolute Gasteiger partial charge is 0.495 e. The fourth-order valence-corrected chi connectivity index (χ4v) is 1.71. The van der Waals surface area contributed by atoms with Crippen LogP contribution >= 0.6 is 11.6 Å². The van der Waals surface area contributed by atoms with Crippen LogP contribution < -0.4 is 20.9 Å². The van der Waals surface area contributed by atoms with E-state index >= 15 is 0 Å². The molecule has 0 saturated carbocycles. The lowest BCUT2D eigenvalue weighted by Crippen LogP contribution is -2.27. The zero-order chi connectivity index (χ0) is 14.4. The molecule has 19 heavy (non-hydrogen) atoms. The predicted molar refractivity (Wildman–Crippen MR) is 71.5 cm³/mol. The van der Waals surface area contributed by atoms with Crippen LogP contribution in [0.3, 0.4) is 0 Å². The van der Waals surface area contributed by atoms with E-state index in [1.807, 2.05) is 0 Å². The van der Waals surface area contributed by atoms with Crippen LogP contribution in [0.2, 0.25) is 5.02 Å². The Hall–Kier alpha value is -1.50. The molecule has 1 aromatic rings. The van der Waals surface area contributed by atoms with Gasteiger partial charge in [-0.25, -0.2) is 0 Å². The van der Waals surface area contributed by atoms with Crippen LogP contribution in [0.5, 0.6) is 11.5 Å². The molecule has 0 saturated heterocycles. The summed E-state index contributed by atoms with van der Waals surface area (Å²) < 4.78 is 10.5. The maximum Gasteiger partial charge on any atom is 0.221 e. The number of hydrogen-bond donors (Lipinski definition) is 3. The molecular weight excluding hydrogens is 272 g/mol. The first-order chi connectivity index (χ1) is 8.97. The zero-order valence-electron chi connectivity index (χ0n) is 10.6. The number of aliphatic hydroxyl groups excluding tert-OH is 1. The van der Waals surface area contributed by atoms with Crippen LogP contribution in [0, 0.1) is 0 Å². The van der Waals surface area contributed by atoms with Gasteiger partial charge in [-0.3, -0.25) is 4.79 Å². The molecule has 1 rings (SSSR count). The summed E-state index contributed by atoms with van der Waals surface area (Å²) in [4.78, 5) is 11.0. The van der Waals surface area contributed by atoms with Gasteiger partial charge in [0.05, 0.1) is 18.6 Å². The van der Waals surface area contributed by atoms with Crippen LogP contribution in [0.15, 0.2) is 12.1 Å². The monoisotopic (exact) mass is 288 g/mol. The number of nitrogens with two attached hydrogens (primary N) is 2. The van der Waals surface area contributed by atoms with Crippen molar-refractivity contribution in [2.24, 2.45) is 11.5 Å². The van der Waals surface area contributed by atoms with Crippen molar-refractivity contribution < 1.29 is 19.4 Å².